The lowest BCUT2D eigenvalue weighted by Crippen LogP contribution is -2.48. The number of amides is 2. The van der Waals surface area contributed by atoms with Gasteiger partial charge in [0.25, 0.3) is 0 Å². The molecule has 5 nitrogen and oxygen atoms in total. The molecule has 3 atom stereocenters. The molecule has 5 rings (SSSR count). The second kappa shape index (κ2) is 7.30. The average molecular weight is 389 g/mol. The van der Waals surface area contributed by atoms with Crippen molar-refractivity contribution < 1.29 is 9.59 Å². The maximum Gasteiger partial charge on any atom is 0.227 e. The number of hydrogen-bond acceptors (Lipinski definition) is 3. The molecular weight excluding hydrogens is 362 g/mol. The molecular formula is C24H27N3O2. The number of benzene rings is 2. The van der Waals surface area contributed by atoms with Gasteiger partial charge in [0.1, 0.15) is 0 Å². The van der Waals surface area contributed by atoms with Gasteiger partial charge in [-0.1, -0.05) is 30.3 Å². The minimum atomic E-state index is -0.266. The Hall–Kier alpha value is -2.66. The summed E-state index contributed by atoms with van der Waals surface area (Å²) in [4.78, 5) is 27.2. The molecule has 2 fully saturated rings. The van der Waals surface area contributed by atoms with Crippen molar-refractivity contribution in [2.45, 2.75) is 44.7 Å². The van der Waals surface area contributed by atoms with Crippen LogP contribution < -0.4 is 15.5 Å². The van der Waals surface area contributed by atoms with E-state index in [9.17, 15) is 9.59 Å². The van der Waals surface area contributed by atoms with Gasteiger partial charge in [0, 0.05) is 30.7 Å². The Morgan fingerprint density at radius 3 is 2.83 bits per heavy atom. The van der Waals surface area contributed by atoms with E-state index in [0.29, 0.717) is 19.0 Å². The van der Waals surface area contributed by atoms with Crippen LogP contribution in [0, 0.1) is 5.92 Å². The van der Waals surface area contributed by atoms with Crippen molar-refractivity contribution >= 4 is 17.5 Å². The molecule has 1 aliphatic carbocycles. The first kappa shape index (κ1) is 18.4. The second-order valence-electron chi connectivity index (χ2n) is 8.67. The summed E-state index contributed by atoms with van der Waals surface area (Å²) in [6.45, 7) is 3.54. The van der Waals surface area contributed by atoms with Crippen molar-refractivity contribution in [3.63, 3.8) is 0 Å². The van der Waals surface area contributed by atoms with Crippen molar-refractivity contribution in [1.29, 1.82) is 0 Å². The smallest absolute Gasteiger partial charge is 0.227 e. The molecule has 3 aliphatic rings. The van der Waals surface area contributed by atoms with Gasteiger partial charge in [0.2, 0.25) is 11.8 Å². The first-order valence-electron chi connectivity index (χ1n) is 10.6. The molecule has 2 amide bonds. The van der Waals surface area contributed by atoms with Crippen LogP contribution in [0.15, 0.2) is 42.5 Å². The number of carbonyl (C=O) groups excluding carboxylic acids is 2. The zero-order valence-electron chi connectivity index (χ0n) is 16.8. The molecule has 2 aliphatic heterocycles. The quantitative estimate of drug-likeness (QED) is 0.724. The highest BCUT2D eigenvalue weighted by Gasteiger charge is 2.36. The molecule has 2 saturated heterocycles. The van der Waals surface area contributed by atoms with Gasteiger partial charge in [-0.3, -0.25) is 9.59 Å². The predicted octanol–water partition coefficient (Wildman–Crippen LogP) is 2.87. The topological polar surface area (TPSA) is 61.4 Å². The molecule has 2 aromatic carbocycles. The second-order valence-corrected chi connectivity index (χ2v) is 8.67. The molecule has 2 aromatic rings. The van der Waals surface area contributed by atoms with Crippen molar-refractivity contribution in [2.24, 2.45) is 5.92 Å². The van der Waals surface area contributed by atoms with Gasteiger partial charge in [-0.25, -0.2) is 0 Å². The average Bonchev–Trinajstić information content (AvgIpc) is 3.28. The fourth-order valence-corrected chi connectivity index (χ4v) is 5.01. The lowest BCUT2D eigenvalue weighted by molar-refractivity contribution is -0.127. The monoisotopic (exact) mass is 389 g/mol. The summed E-state index contributed by atoms with van der Waals surface area (Å²) >= 11 is 0. The first-order valence-corrected chi connectivity index (χ1v) is 10.6. The Kier molecular flexibility index (Phi) is 4.63. The van der Waals surface area contributed by atoms with E-state index in [1.54, 1.807) is 4.90 Å². The van der Waals surface area contributed by atoms with Crippen LogP contribution in [-0.2, 0) is 16.0 Å². The van der Waals surface area contributed by atoms with Gasteiger partial charge in [-0.15, -0.1) is 0 Å². The third-order valence-electron chi connectivity index (χ3n) is 6.55. The maximum atomic E-state index is 12.8. The maximum absolute atomic E-state index is 12.8. The molecule has 0 spiro atoms. The lowest BCUT2D eigenvalue weighted by Gasteiger charge is -2.29. The van der Waals surface area contributed by atoms with Gasteiger partial charge >= 0.3 is 0 Å². The SMILES string of the molecule is CC1CC(NC(=O)C2CC(=O)N(c3ccc4c(c3)Cc3ccccc3-4)C2)CCN1. The highest BCUT2D eigenvalue weighted by Crippen LogP contribution is 2.39. The van der Waals surface area contributed by atoms with Crippen LogP contribution in [0.4, 0.5) is 5.69 Å². The largest absolute Gasteiger partial charge is 0.353 e. The molecule has 5 heteroatoms. The Bertz CT molecular complexity index is 970. The summed E-state index contributed by atoms with van der Waals surface area (Å²) in [7, 11) is 0. The van der Waals surface area contributed by atoms with E-state index in [1.165, 1.54) is 22.3 Å². The van der Waals surface area contributed by atoms with Crippen LogP contribution in [0.5, 0.6) is 0 Å². The van der Waals surface area contributed by atoms with Crippen molar-refractivity contribution in [1.82, 2.24) is 10.6 Å². The predicted molar refractivity (Wildman–Crippen MR) is 114 cm³/mol. The van der Waals surface area contributed by atoms with E-state index in [4.69, 9.17) is 0 Å². The van der Waals surface area contributed by atoms with Crippen LogP contribution in [0.1, 0.15) is 37.3 Å². The number of anilines is 1. The van der Waals surface area contributed by atoms with Crippen molar-refractivity contribution in [3.05, 3.63) is 53.6 Å². The minimum Gasteiger partial charge on any atom is -0.353 e. The summed E-state index contributed by atoms with van der Waals surface area (Å²) < 4.78 is 0. The van der Waals surface area contributed by atoms with Crippen LogP contribution in [0.25, 0.3) is 11.1 Å². The van der Waals surface area contributed by atoms with E-state index in [0.717, 1.165) is 31.5 Å². The molecule has 150 valence electrons. The molecule has 0 radical (unpaired) electrons. The summed E-state index contributed by atoms with van der Waals surface area (Å²) in [6, 6.07) is 15.4. The summed E-state index contributed by atoms with van der Waals surface area (Å²) in [5.41, 5.74) is 6.04. The number of carbonyl (C=O) groups is 2. The standard InChI is InChI=1S/C24H27N3O2/c1-15-10-19(8-9-25-15)26-24(29)18-13-23(28)27(14-18)20-6-7-22-17(12-20)11-16-4-2-3-5-21(16)22/h2-7,12,15,18-19,25H,8-11,13-14H2,1H3,(H,26,29). The zero-order chi connectivity index (χ0) is 20.0. The summed E-state index contributed by atoms with van der Waals surface area (Å²) in [5, 5.41) is 6.58. The normalized spacial score (nSPS) is 25.6. The van der Waals surface area contributed by atoms with Gasteiger partial charge in [-0.2, -0.15) is 0 Å². The minimum absolute atomic E-state index is 0.0218. The number of nitrogens with zero attached hydrogens (tertiary/aromatic N) is 1. The molecule has 2 N–H and O–H groups in total. The third kappa shape index (κ3) is 3.44. The number of piperidine rings is 1. The summed E-state index contributed by atoms with van der Waals surface area (Å²) in [5.74, 6) is -0.203. The van der Waals surface area contributed by atoms with Crippen molar-refractivity contribution in [3.8, 4) is 11.1 Å². The van der Waals surface area contributed by atoms with E-state index in [1.807, 2.05) is 6.07 Å². The molecule has 3 unspecified atom stereocenters. The number of fused-ring (bicyclic) bond motifs is 3. The van der Waals surface area contributed by atoms with E-state index >= 15 is 0 Å². The number of rotatable bonds is 3. The molecule has 0 bridgehead atoms. The number of nitrogens with one attached hydrogen (secondary N) is 2. The van der Waals surface area contributed by atoms with E-state index in [2.05, 4.69) is 54.0 Å². The number of hydrogen-bond donors (Lipinski definition) is 2. The van der Waals surface area contributed by atoms with Crippen LogP contribution in [0.2, 0.25) is 0 Å². The highest BCUT2D eigenvalue weighted by molar-refractivity contribution is 6.00. The molecule has 2 heterocycles. The Morgan fingerprint density at radius 2 is 1.97 bits per heavy atom. The van der Waals surface area contributed by atoms with Gasteiger partial charge in [0.15, 0.2) is 0 Å². The fourth-order valence-electron chi connectivity index (χ4n) is 5.01. The zero-order valence-corrected chi connectivity index (χ0v) is 16.8. The van der Waals surface area contributed by atoms with Crippen LogP contribution in [0.3, 0.4) is 0 Å². The van der Waals surface area contributed by atoms with Gasteiger partial charge < -0.3 is 15.5 Å². The van der Waals surface area contributed by atoms with Crippen molar-refractivity contribution in [2.75, 3.05) is 18.0 Å². The van der Waals surface area contributed by atoms with E-state index in [-0.39, 0.29) is 23.8 Å². The van der Waals surface area contributed by atoms with E-state index < -0.39 is 0 Å². The summed E-state index contributed by atoms with van der Waals surface area (Å²) in [6.07, 6.45) is 3.09. The highest BCUT2D eigenvalue weighted by atomic mass is 16.2. The molecule has 0 saturated carbocycles. The lowest BCUT2D eigenvalue weighted by atomic mass is 9.99. The molecule has 0 aromatic heterocycles. The Morgan fingerprint density at radius 1 is 1.14 bits per heavy atom. The molecule has 29 heavy (non-hydrogen) atoms. The van der Waals surface area contributed by atoms with Crippen LogP contribution in [-0.4, -0.2) is 37.0 Å². The first-order chi connectivity index (χ1) is 14.1. The third-order valence-corrected chi connectivity index (χ3v) is 6.55. The fraction of sp³-hybridized carbons (Fsp3) is 0.417. The Labute approximate surface area is 171 Å². The Balaban J connectivity index is 1.29. The van der Waals surface area contributed by atoms with Gasteiger partial charge in [-0.05, 0) is 67.1 Å². The van der Waals surface area contributed by atoms with Crippen LogP contribution >= 0.6 is 0 Å². The van der Waals surface area contributed by atoms with Gasteiger partial charge in [0.05, 0.1) is 5.92 Å².